The molecule has 10 heavy (non-hydrogen) atoms. The molecule has 0 bridgehead atoms. The number of rotatable bonds is 1. The van der Waals surface area contributed by atoms with E-state index in [1.54, 1.807) is 0 Å². The van der Waals surface area contributed by atoms with Crippen LogP contribution in [-0.2, 0) is 0 Å². The quantitative estimate of drug-likeness (QED) is 0.556. The van der Waals surface area contributed by atoms with Crippen molar-refractivity contribution in [3.63, 3.8) is 0 Å². The molecule has 0 heterocycles. The maximum absolute atomic E-state index is 8.99. The van der Waals surface area contributed by atoms with Crippen LogP contribution in [0.4, 0.5) is 0 Å². The van der Waals surface area contributed by atoms with Crippen molar-refractivity contribution in [2.75, 3.05) is 6.61 Å². The van der Waals surface area contributed by atoms with E-state index in [1.807, 2.05) is 0 Å². The molecule has 0 saturated heterocycles. The SMILES string of the molecule is CC1CCCCCC1CO. The summed E-state index contributed by atoms with van der Waals surface area (Å²) in [6.45, 7) is 2.67. The second-order valence-corrected chi connectivity index (χ2v) is 3.56. The molecule has 1 heteroatoms. The van der Waals surface area contributed by atoms with Crippen LogP contribution >= 0.6 is 0 Å². The highest BCUT2D eigenvalue weighted by Crippen LogP contribution is 2.27. The molecule has 0 aromatic carbocycles. The van der Waals surface area contributed by atoms with Crippen LogP contribution in [0.3, 0.4) is 0 Å². The average molecular weight is 142 g/mol. The highest BCUT2D eigenvalue weighted by Gasteiger charge is 2.18. The summed E-state index contributed by atoms with van der Waals surface area (Å²) in [6.07, 6.45) is 6.65. The first kappa shape index (κ1) is 8.06. The Bertz CT molecular complexity index is 90.7. The van der Waals surface area contributed by atoms with E-state index < -0.39 is 0 Å². The van der Waals surface area contributed by atoms with Crippen LogP contribution in [0.25, 0.3) is 0 Å². The summed E-state index contributed by atoms with van der Waals surface area (Å²) in [6, 6.07) is 0. The van der Waals surface area contributed by atoms with Gasteiger partial charge in [-0.15, -0.1) is 0 Å². The Morgan fingerprint density at radius 1 is 1.20 bits per heavy atom. The molecule has 60 valence electrons. The summed E-state index contributed by atoms with van der Waals surface area (Å²) in [4.78, 5) is 0. The maximum Gasteiger partial charge on any atom is 0.0461 e. The average Bonchev–Trinajstić information content (AvgIpc) is 2.13. The molecular weight excluding hydrogens is 124 g/mol. The van der Waals surface area contributed by atoms with Crippen LogP contribution in [0.2, 0.25) is 0 Å². The fraction of sp³-hybridized carbons (Fsp3) is 1.00. The first-order valence-electron chi connectivity index (χ1n) is 4.45. The van der Waals surface area contributed by atoms with Crippen molar-refractivity contribution in [1.82, 2.24) is 0 Å². The minimum atomic E-state index is 0.404. The Balaban J connectivity index is 2.35. The van der Waals surface area contributed by atoms with E-state index in [0.29, 0.717) is 12.5 Å². The zero-order valence-corrected chi connectivity index (χ0v) is 6.84. The van der Waals surface area contributed by atoms with Gasteiger partial charge in [-0.3, -0.25) is 0 Å². The van der Waals surface area contributed by atoms with Crippen molar-refractivity contribution < 1.29 is 5.11 Å². The molecule has 0 aliphatic heterocycles. The van der Waals surface area contributed by atoms with Gasteiger partial charge in [0.15, 0.2) is 0 Å². The molecule has 1 N–H and O–H groups in total. The van der Waals surface area contributed by atoms with Gasteiger partial charge in [-0.2, -0.15) is 0 Å². The van der Waals surface area contributed by atoms with Crippen LogP contribution in [0.1, 0.15) is 39.0 Å². The van der Waals surface area contributed by atoms with Gasteiger partial charge in [0.2, 0.25) is 0 Å². The van der Waals surface area contributed by atoms with E-state index >= 15 is 0 Å². The molecule has 2 atom stereocenters. The van der Waals surface area contributed by atoms with Crippen molar-refractivity contribution in [2.24, 2.45) is 11.8 Å². The number of aliphatic hydroxyl groups is 1. The van der Waals surface area contributed by atoms with Crippen LogP contribution < -0.4 is 0 Å². The molecule has 1 fully saturated rings. The summed E-state index contributed by atoms with van der Waals surface area (Å²) < 4.78 is 0. The Morgan fingerprint density at radius 2 is 1.90 bits per heavy atom. The standard InChI is InChI=1S/C9H18O/c1-8-5-3-2-4-6-9(8)7-10/h8-10H,2-7H2,1H3. The molecule has 1 nitrogen and oxygen atoms in total. The molecule has 1 aliphatic carbocycles. The summed E-state index contributed by atoms with van der Waals surface area (Å²) in [5.41, 5.74) is 0. The Labute approximate surface area is 63.4 Å². The minimum absolute atomic E-state index is 0.404. The fourth-order valence-corrected chi connectivity index (χ4v) is 1.84. The lowest BCUT2D eigenvalue weighted by atomic mass is 9.90. The molecule has 0 aromatic rings. The topological polar surface area (TPSA) is 20.2 Å². The summed E-state index contributed by atoms with van der Waals surface area (Å²) in [7, 11) is 0. The summed E-state index contributed by atoms with van der Waals surface area (Å²) in [5, 5.41) is 8.99. The lowest BCUT2D eigenvalue weighted by Gasteiger charge is -2.17. The van der Waals surface area contributed by atoms with Crippen LogP contribution in [0.5, 0.6) is 0 Å². The van der Waals surface area contributed by atoms with E-state index in [-0.39, 0.29) is 0 Å². The zero-order valence-electron chi connectivity index (χ0n) is 6.84. The van der Waals surface area contributed by atoms with E-state index in [9.17, 15) is 0 Å². The van der Waals surface area contributed by atoms with E-state index in [2.05, 4.69) is 6.92 Å². The number of hydrogen-bond donors (Lipinski definition) is 1. The summed E-state index contributed by atoms with van der Waals surface area (Å²) >= 11 is 0. The molecular formula is C9H18O. The highest BCUT2D eigenvalue weighted by molar-refractivity contribution is 4.69. The van der Waals surface area contributed by atoms with E-state index in [4.69, 9.17) is 5.11 Å². The third-order valence-electron chi connectivity index (χ3n) is 2.77. The molecule has 1 saturated carbocycles. The molecule has 0 radical (unpaired) electrons. The fourth-order valence-electron chi connectivity index (χ4n) is 1.84. The van der Waals surface area contributed by atoms with Gasteiger partial charge in [-0.1, -0.05) is 32.6 Å². The third kappa shape index (κ3) is 1.98. The molecule has 0 amide bonds. The normalized spacial score (nSPS) is 35.4. The van der Waals surface area contributed by atoms with Gasteiger partial charge in [-0.25, -0.2) is 0 Å². The van der Waals surface area contributed by atoms with Crippen molar-refractivity contribution in [3.8, 4) is 0 Å². The lowest BCUT2D eigenvalue weighted by molar-refractivity contribution is 0.175. The summed E-state index contributed by atoms with van der Waals surface area (Å²) in [5.74, 6) is 1.36. The molecule has 0 spiro atoms. The van der Waals surface area contributed by atoms with Crippen LogP contribution in [-0.4, -0.2) is 11.7 Å². The monoisotopic (exact) mass is 142 g/mol. The third-order valence-corrected chi connectivity index (χ3v) is 2.77. The van der Waals surface area contributed by atoms with Crippen LogP contribution in [0.15, 0.2) is 0 Å². The van der Waals surface area contributed by atoms with Gasteiger partial charge >= 0.3 is 0 Å². The van der Waals surface area contributed by atoms with Gasteiger partial charge in [0.25, 0.3) is 0 Å². The molecule has 2 unspecified atom stereocenters. The van der Waals surface area contributed by atoms with Crippen molar-refractivity contribution in [3.05, 3.63) is 0 Å². The molecule has 1 rings (SSSR count). The smallest absolute Gasteiger partial charge is 0.0461 e. The second-order valence-electron chi connectivity index (χ2n) is 3.56. The highest BCUT2D eigenvalue weighted by atomic mass is 16.3. The minimum Gasteiger partial charge on any atom is -0.396 e. The Hall–Kier alpha value is -0.0400. The van der Waals surface area contributed by atoms with Gasteiger partial charge in [0.05, 0.1) is 0 Å². The molecule has 1 aliphatic rings. The van der Waals surface area contributed by atoms with Crippen molar-refractivity contribution >= 4 is 0 Å². The predicted octanol–water partition coefficient (Wildman–Crippen LogP) is 2.20. The van der Waals surface area contributed by atoms with Crippen molar-refractivity contribution in [1.29, 1.82) is 0 Å². The molecule has 0 aromatic heterocycles. The van der Waals surface area contributed by atoms with Crippen LogP contribution in [0, 0.1) is 11.8 Å². The Kier molecular flexibility index (Phi) is 3.20. The first-order valence-corrected chi connectivity index (χ1v) is 4.45. The first-order chi connectivity index (χ1) is 4.84. The maximum atomic E-state index is 8.99. The van der Waals surface area contributed by atoms with Gasteiger partial charge in [0, 0.05) is 6.61 Å². The van der Waals surface area contributed by atoms with E-state index in [0.717, 1.165) is 5.92 Å². The van der Waals surface area contributed by atoms with Gasteiger partial charge in [-0.05, 0) is 18.3 Å². The van der Waals surface area contributed by atoms with Crippen molar-refractivity contribution in [2.45, 2.75) is 39.0 Å². The number of hydrogen-bond acceptors (Lipinski definition) is 1. The van der Waals surface area contributed by atoms with Gasteiger partial charge < -0.3 is 5.11 Å². The van der Waals surface area contributed by atoms with Gasteiger partial charge in [0.1, 0.15) is 0 Å². The predicted molar refractivity (Wildman–Crippen MR) is 42.8 cm³/mol. The largest absolute Gasteiger partial charge is 0.396 e. The second kappa shape index (κ2) is 3.97. The lowest BCUT2D eigenvalue weighted by Crippen LogP contribution is -2.13. The Morgan fingerprint density at radius 3 is 2.60 bits per heavy atom. The number of aliphatic hydroxyl groups excluding tert-OH is 1. The van der Waals surface area contributed by atoms with E-state index in [1.165, 1.54) is 32.1 Å². The zero-order chi connectivity index (χ0) is 7.40.